The molecular weight excluding hydrogens is 551 g/mol. The van der Waals surface area contributed by atoms with E-state index >= 15 is 4.57 Å². The Kier molecular flexibility index (Phi) is 15.8. The van der Waals surface area contributed by atoms with Gasteiger partial charge in [-0.2, -0.15) is 0 Å². The van der Waals surface area contributed by atoms with Gasteiger partial charge in [-0.3, -0.25) is 9.59 Å². The van der Waals surface area contributed by atoms with Crippen LogP contribution in [0.2, 0.25) is 0 Å². The van der Waals surface area contributed by atoms with E-state index in [4.69, 9.17) is 18.9 Å². The Morgan fingerprint density at radius 2 is 0.881 bits per heavy atom. The molecule has 234 valence electrons. The first kappa shape index (κ1) is 35.4. The van der Waals surface area contributed by atoms with Crippen molar-refractivity contribution < 1.29 is 33.1 Å². The van der Waals surface area contributed by atoms with Gasteiger partial charge in [-0.05, 0) is 56.4 Å². The van der Waals surface area contributed by atoms with Crippen molar-refractivity contribution in [3.8, 4) is 23.0 Å². The van der Waals surface area contributed by atoms with Crippen LogP contribution >= 0.6 is 7.14 Å². The minimum absolute atomic E-state index is 0.0690. The van der Waals surface area contributed by atoms with Gasteiger partial charge in [0.1, 0.15) is 34.1 Å². The normalized spacial score (nSPS) is 12.0. The second-order valence-corrected chi connectivity index (χ2v) is 13.6. The van der Waals surface area contributed by atoms with Crippen LogP contribution in [0, 0.1) is 0 Å². The lowest BCUT2D eigenvalue weighted by Crippen LogP contribution is -2.22. The van der Waals surface area contributed by atoms with Gasteiger partial charge in [-0.1, -0.05) is 79.4 Å². The summed E-state index contributed by atoms with van der Waals surface area (Å²) in [4.78, 5) is 29.2. The third kappa shape index (κ3) is 9.10. The monoisotopic (exact) mass is 602 g/mol. The molecule has 0 aliphatic heterocycles. The third-order valence-electron chi connectivity index (χ3n) is 7.24. The van der Waals surface area contributed by atoms with Crippen LogP contribution < -0.4 is 18.9 Å². The quantitative estimate of drug-likeness (QED) is 0.0979. The molecule has 0 aromatic heterocycles. The van der Waals surface area contributed by atoms with Gasteiger partial charge in [0, 0.05) is 5.66 Å². The molecule has 0 radical (unpaired) electrons. The average Bonchev–Trinajstić information content (AvgIpc) is 3.00. The molecule has 1 unspecified atom stereocenters. The summed E-state index contributed by atoms with van der Waals surface area (Å²) in [5, 5.41) is 0. The van der Waals surface area contributed by atoms with Crippen molar-refractivity contribution in [3.05, 3.63) is 47.5 Å². The fraction of sp³-hybridized carbons (Fsp3) is 0.588. The molecule has 0 heterocycles. The van der Waals surface area contributed by atoms with E-state index in [0.29, 0.717) is 32.8 Å². The second kappa shape index (κ2) is 18.7. The largest absolute Gasteiger partial charge is 0.493 e. The summed E-state index contributed by atoms with van der Waals surface area (Å²) in [5.74, 6) is 1.13. The summed E-state index contributed by atoms with van der Waals surface area (Å²) in [5.41, 5.74) is -2.08. The Bertz CT molecular complexity index is 1040. The van der Waals surface area contributed by atoms with Gasteiger partial charge in [0.2, 0.25) is 18.2 Å². The van der Waals surface area contributed by atoms with Crippen molar-refractivity contribution >= 4 is 18.2 Å². The number of benzene rings is 2. The van der Waals surface area contributed by atoms with E-state index in [9.17, 15) is 9.59 Å². The van der Waals surface area contributed by atoms with Crippen LogP contribution in [0.15, 0.2) is 36.4 Å². The van der Waals surface area contributed by atoms with Crippen molar-refractivity contribution in [2.45, 2.75) is 105 Å². The molecule has 0 saturated carbocycles. The highest BCUT2D eigenvalue weighted by Crippen LogP contribution is 2.60. The first-order chi connectivity index (χ1) is 20.3. The summed E-state index contributed by atoms with van der Waals surface area (Å²) < 4.78 is 39.3. The van der Waals surface area contributed by atoms with Crippen molar-refractivity contribution in [3.63, 3.8) is 0 Å². The molecule has 8 heteroatoms. The number of carbonyl (C=O) groups is 2. The van der Waals surface area contributed by atoms with Crippen LogP contribution in [0.4, 0.5) is 0 Å². The zero-order valence-corrected chi connectivity index (χ0v) is 27.4. The average molecular weight is 603 g/mol. The highest BCUT2D eigenvalue weighted by Gasteiger charge is 2.48. The van der Waals surface area contributed by atoms with Crippen molar-refractivity contribution in [1.82, 2.24) is 0 Å². The molecule has 0 saturated heterocycles. The maximum absolute atomic E-state index is 15.2. The molecule has 0 bridgehead atoms. The maximum atomic E-state index is 15.2. The first-order valence-electron chi connectivity index (χ1n) is 15.8. The molecule has 2 rings (SSSR count). The summed E-state index contributed by atoms with van der Waals surface area (Å²) in [6, 6.07) is 10.2. The van der Waals surface area contributed by atoms with Crippen LogP contribution in [0.1, 0.15) is 120 Å². The zero-order chi connectivity index (χ0) is 31.0. The van der Waals surface area contributed by atoms with E-state index in [0.717, 1.165) is 51.4 Å². The topological polar surface area (TPSA) is 88.1 Å². The van der Waals surface area contributed by atoms with Gasteiger partial charge in [-0.25, -0.2) is 0 Å². The summed E-state index contributed by atoms with van der Waals surface area (Å²) in [7, 11) is -4.30. The smallest absolute Gasteiger partial charge is 0.236 e. The number of unbranched alkanes of at least 4 members (excludes halogenated alkanes) is 4. The van der Waals surface area contributed by atoms with Gasteiger partial charge < -0.3 is 23.5 Å². The van der Waals surface area contributed by atoms with E-state index < -0.39 is 23.8 Å². The van der Waals surface area contributed by atoms with Crippen molar-refractivity contribution in [1.29, 1.82) is 0 Å². The number of hydrogen-bond donors (Lipinski definition) is 0. The van der Waals surface area contributed by atoms with Gasteiger partial charge in [0.15, 0.2) is 0 Å². The molecule has 0 N–H and O–H groups in total. The molecular formula is C34H51O7P. The lowest BCUT2D eigenvalue weighted by molar-refractivity contribution is 0.102. The lowest BCUT2D eigenvalue weighted by Gasteiger charge is -2.25. The maximum Gasteiger partial charge on any atom is 0.236 e. The lowest BCUT2D eigenvalue weighted by atomic mass is 10.2. The van der Waals surface area contributed by atoms with E-state index in [1.807, 2.05) is 6.92 Å². The predicted octanol–water partition coefficient (Wildman–Crippen LogP) is 9.54. The molecule has 42 heavy (non-hydrogen) atoms. The Labute approximate surface area is 253 Å². The molecule has 0 spiro atoms. The van der Waals surface area contributed by atoms with Crippen LogP contribution in [-0.2, 0) is 4.57 Å². The molecule has 0 aliphatic rings. The molecule has 2 aromatic rings. The van der Waals surface area contributed by atoms with Gasteiger partial charge in [0.05, 0.1) is 26.4 Å². The van der Waals surface area contributed by atoms with Crippen molar-refractivity contribution in [2.24, 2.45) is 0 Å². The molecule has 0 amide bonds. The third-order valence-corrected chi connectivity index (χ3v) is 10.5. The van der Waals surface area contributed by atoms with Crippen LogP contribution in [-0.4, -0.2) is 43.1 Å². The number of rotatable bonds is 22. The van der Waals surface area contributed by atoms with Gasteiger partial charge >= 0.3 is 0 Å². The molecule has 2 aromatic carbocycles. The number of carbonyl (C=O) groups excluding carboxylic acids is 2. The highest BCUT2D eigenvalue weighted by atomic mass is 31.2. The van der Waals surface area contributed by atoms with Gasteiger partial charge in [-0.15, -0.1) is 0 Å². The van der Waals surface area contributed by atoms with E-state index in [1.165, 1.54) is 0 Å². The van der Waals surface area contributed by atoms with Gasteiger partial charge in [0.25, 0.3) is 0 Å². The van der Waals surface area contributed by atoms with Crippen LogP contribution in [0.3, 0.4) is 0 Å². The Balaban J connectivity index is 2.74. The minimum Gasteiger partial charge on any atom is -0.493 e. The van der Waals surface area contributed by atoms with Crippen LogP contribution in [0.5, 0.6) is 23.0 Å². The molecule has 0 aliphatic carbocycles. The molecule has 7 nitrogen and oxygen atoms in total. The summed E-state index contributed by atoms with van der Waals surface area (Å²) >= 11 is 0. The van der Waals surface area contributed by atoms with E-state index in [2.05, 4.69) is 27.7 Å². The fourth-order valence-corrected chi connectivity index (χ4v) is 6.92. The SMILES string of the molecule is CCCCOc1cccc(OCCCC)c1C(=O)P(=O)(C(=O)c1c(OCCCC)cccc1OCCCC)C(C)CC. The first-order valence-corrected chi connectivity index (χ1v) is 17.6. The Morgan fingerprint density at radius 1 is 0.595 bits per heavy atom. The predicted molar refractivity (Wildman–Crippen MR) is 171 cm³/mol. The second-order valence-electron chi connectivity index (χ2n) is 10.6. The Hall–Kier alpha value is -2.79. The van der Waals surface area contributed by atoms with Crippen molar-refractivity contribution in [2.75, 3.05) is 26.4 Å². The molecule has 1 atom stereocenters. The summed E-state index contributed by atoms with van der Waals surface area (Å²) in [6.45, 7) is 13.3. The fourth-order valence-electron chi connectivity index (χ4n) is 4.31. The van der Waals surface area contributed by atoms with Crippen LogP contribution in [0.25, 0.3) is 0 Å². The summed E-state index contributed by atoms with van der Waals surface area (Å²) in [6.07, 6.45) is 7.17. The molecule has 0 fully saturated rings. The minimum atomic E-state index is -4.30. The van der Waals surface area contributed by atoms with E-state index in [1.54, 1.807) is 43.3 Å². The standard InChI is InChI=1S/C34H51O7P/c1-7-12-22-38-27-18-16-19-28(39-23-13-8-2)31(27)33(35)42(37,26(6)11-5)34(36)32-29(40-24-14-9-3)20-17-21-30(32)41-25-15-10-4/h16-21,26H,7-15,22-25H2,1-6H3. The number of ether oxygens (including phenoxy) is 4. The number of hydrogen-bond acceptors (Lipinski definition) is 7. The zero-order valence-electron chi connectivity index (χ0n) is 26.5. The highest BCUT2D eigenvalue weighted by molar-refractivity contribution is 7.96. The Morgan fingerprint density at radius 3 is 1.12 bits per heavy atom. The van der Waals surface area contributed by atoms with E-state index in [-0.39, 0.29) is 34.1 Å².